The third-order valence-electron chi connectivity index (χ3n) is 1.99. The smallest absolute Gasteiger partial charge is 0.260 e. The van der Waals surface area contributed by atoms with Crippen molar-refractivity contribution in [3.63, 3.8) is 0 Å². The molecule has 0 bridgehead atoms. The fraction of sp³-hybridized carbons (Fsp3) is 0.750. The number of nitrogens with zero attached hydrogens (tertiary/aromatic N) is 2. The van der Waals surface area contributed by atoms with E-state index < -0.39 is 0 Å². The maximum Gasteiger partial charge on any atom is 0.260 e. The normalized spacial score (nSPS) is 13.1. The highest BCUT2D eigenvalue weighted by Crippen LogP contribution is 2.10. The summed E-state index contributed by atoms with van der Waals surface area (Å²) >= 11 is 0. The van der Waals surface area contributed by atoms with E-state index in [0.717, 1.165) is 25.8 Å². The molecule has 1 atom stereocenters. The molecule has 5 heteroatoms. The zero-order valence-electron chi connectivity index (χ0n) is 7.86. The summed E-state index contributed by atoms with van der Waals surface area (Å²) < 4.78 is 4.88. The molecule has 5 nitrogen and oxygen atoms in total. The van der Waals surface area contributed by atoms with Crippen LogP contribution in [0.1, 0.15) is 25.7 Å². The van der Waals surface area contributed by atoms with Gasteiger partial charge in [0.05, 0.1) is 0 Å². The molecule has 0 saturated carbocycles. The maximum atomic E-state index is 5.43. The standard InChI is InChI=1S/C8H16N4O/c1-6(4-5-9)2-3-7-11-8(10)12-13-7/h6H,2-5,9H2,1H3,(H2,10,12). The largest absolute Gasteiger partial charge is 0.365 e. The molecule has 0 fully saturated rings. The number of nitrogen functional groups attached to an aromatic ring is 1. The summed E-state index contributed by atoms with van der Waals surface area (Å²) in [6.45, 7) is 2.89. The highest BCUT2D eigenvalue weighted by atomic mass is 16.5. The quantitative estimate of drug-likeness (QED) is 0.698. The van der Waals surface area contributed by atoms with E-state index >= 15 is 0 Å². The van der Waals surface area contributed by atoms with Gasteiger partial charge in [0.2, 0.25) is 5.89 Å². The van der Waals surface area contributed by atoms with Crippen LogP contribution in [-0.4, -0.2) is 16.7 Å². The number of hydrogen-bond acceptors (Lipinski definition) is 5. The molecule has 0 aliphatic rings. The zero-order chi connectivity index (χ0) is 9.68. The SMILES string of the molecule is CC(CCN)CCc1nc(N)no1. The van der Waals surface area contributed by atoms with Crippen molar-refractivity contribution in [3.05, 3.63) is 5.89 Å². The second kappa shape index (κ2) is 4.81. The first-order chi connectivity index (χ1) is 6.22. The minimum Gasteiger partial charge on any atom is -0.365 e. The predicted octanol–water partition coefficient (Wildman–Crippen LogP) is 0.569. The lowest BCUT2D eigenvalue weighted by Crippen LogP contribution is -2.06. The highest BCUT2D eigenvalue weighted by molar-refractivity contribution is 5.10. The van der Waals surface area contributed by atoms with Crippen LogP contribution in [0, 0.1) is 5.92 Å². The lowest BCUT2D eigenvalue weighted by Gasteiger charge is -2.06. The van der Waals surface area contributed by atoms with Gasteiger partial charge in [-0.15, -0.1) is 0 Å². The zero-order valence-corrected chi connectivity index (χ0v) is 7.86. The van der Waals surface area contributed by atoms with Gasteiger partial charge in [0.15, 0.2) is 0 Å². The number of nitrogens with two attached hydrogens (primary N) is 2. The first-order valence-corrected chi connectivity index (χ1v) is 4.50. The van der Waals surface area contributed by atoms with Gasteiger partial charge in [-0.25, -0.2) is 0 Å². The summed E-state index contributed by atoms with van der Waals surface area (Å²) in [5, 5.41) is 3.51. The van der Waals surface area contributed by atoms with Crippen molar-refractivity contribution < 1.29 is 4.52 Å². The van der Waals surface area contributed by atoms with E-state index in [9.17, 15) is 0 Å². The minimum atomic E-state index is 0.210. The molecule has 13 heavy (non-hydrogen) atoms. The Morgan fingerprint density at radius 3 is 2.77 bits per heavy atom. The van der Waals surface area contributed by atoms with Crippen molar-refractivity contribution in [1.29, 1.82) is 0 Å². The molecule has 1 heterocycles. The van der Waals surface area contributed by atoms with Gasteiger partial charge in [-0.3, -0.25) is 0 Å². The lowest BCUT2D eigenvalue weighted by atomic mass is 10.0. The molecule has 1 aromatic rings. The van der Waals surface area contributed by atoms with Crippen LogP contribution in [0.5, 0.6) is 0 Å². The second-order valence-corrected chi connectivity index (χ2v) is 3.27. The van der Waals surface area contributed by atoms with Crippen molar-refractivity contribution in [2.75, 3.05) is 12.3 Å². The number of aromatic nitrogens is 2. The van der Waals surface area contributed by atoms with Crippen LogP contribution in [0.3, 0.4) is 0 Å². The van der Waals surface area contributed by atoms with Crippen LogP contribution >= 0.6 is 0 Å². The molecule has 0 spiro atoms. The molecule has 0 saturated heterocycles. The highest BCUT2D eigenvalue weighted by Gasteiger charge is 2.06. The molecule has 1 rings (SSSR count). The average Bonchev–Trinajstić information content (AvgIpc) is 2.49. The lowest BCUT2D eigenvalue weighted by molar-refractivity contribution is 0.363. The first kappa shape index (κ1) is 9.98. The van der Waals surface area contributed by atoms with Gasteiger partial charge in [-0.1, -0.05) is 6.92 Å². The number of aryl methyl sites for hydroxylation is 1. The summed E-state index contributed by atoms with van der Waals surface area (Å²) in [4.78, 5) is 3.91. The Hall–Kier alpha value is -1.10. The van der Waals surface area contributed by atoms with Gasteiger partial charge in [-0.2, -0.15) is 4.98 Å². The van der Waals surface area contributed by atoms with E-state index in [1.807, 2.05) is 0 Å². The second-order valence-electron chi connectivity index (χ2n) is 3.27. The van der Waals surface area contributed by atoms with Gasteiger partial charge >= 0.3 is 0 Å². The average molecular weight is 184 g/mol. The van der Waals surface area contributed by atoms with Crippen LogP contribution in [0.15, 0.2) is 4.52 Å². The molecular formula is C8H16N4O. The monoisotopic (exact) mass is 184 g/mol. The van der Waals surface area contributed by atoms with Crippen molar-refractivity contribution >= 4 is 5.95 Å². The Labute approximate surface area is 77.5 Å². The fourth-order valence-electron chi connectivity index (χ4n) is 1.17. The third-order valence-corrected chi connectivity index (χ3v) is 1.99. The number of rotatable bonds is 5. The topological polar surface area (TPSA) is 91.0 Å². The summed E-state index contributed by atoms with van der Waals surface area (Å²) in [5.41, 5.74) is 10.7. The Morgan fingerprint density at radius 2 is 2.23 bits per heavy atom. The van der Waals surface area contributed by atoms with Crippen molar-refractivity contribution in [1.82, 2.24) is 10.1 Å². The van der Waals surface area contributed by atoms with Crippen LogP contribution < -0.4 is 11.5 Å². The van der Waals surface area contributed by atoms with Crippen LogP contribution in [-0.2, 0) is 6.42 Å². The molecule has 4 N–H and O–H groups in total. The summed E-state index contributed by atoms with van der Waals surface area (Å²) in [5.74, 6) is 1.42. The van der Waals surface area contributed by atoms with Crippen molar-refractivity contribution in [2.45, 2.75) is 26.2 Å². The third kappa shape index (κ3) is 3.42. The Balaban J connectivity index is 2.26. The molecular weight excluding hydrogens is 168 g/mol. The first-order valence-electron chi connectivity index (χ1n) is 4.50. The molecule has 0 amide bonds. The number of hydrogen-bond donors (Lipinski definition) is 2. The molecule has 1 aromatic heterocycles. The van der Waals surface area contributed by atoms with E-state index in [4.69, 9.17) is 16.0 Å². The molecule has 0 radical (unpaired) electrons. The van der Waals surface area contributed by atoms with E-state index in [0.29, 0.717) is 11.8 Å². The molecule has 0 aliphatic heterocycles. The fourth-order valence-corrected chi connectivity index (χ4v) is 1.17. The predicted molar refractivity (Wildman–Crippen MR) is 49.9 cm³/mol. The maximum absolute atomic E-state index is 5.43. The molecule has 74 valence electrons. The molecule has 1 unspecified atom stereocenters. The van der Waals surface area contributed by atoms with Gasteiger partial charge in [-0.05, 0) is 30.5 Å². The van der Waals surface area contributed by atoms with Crippen LogP contribution in [0.2, 0.25) is 0 Å². The van der Waals surface area contributed by atoms with E-state index in [1.165, 1.54) is 0 Å². The van der Waals surface area contributed by atoms with Gasteiger partial charge < -0.3 is 16.0 Å². The van der Waals surface area contributed by atoms with Gasteiger partial charge in [0.25, 0.3) is 5.95 Å². The summed E-state index contributed by atoms with van der Waals surface area (Å²) in [6, 6.07) is 0. The Kier molecular flexibility index (Phi) is 3.70. The van der Waals surface area contributed by atoms with Gasteiger partial charge in [0.1, 0.15) is 0 Å². The van der Waals surface area contributed by atoms with Gasteiger partial charge in [0, 0.05) is 6.42 Å². The minimum absolute atomic E-state index is 0.210. The molecule has 0 aliphatic carbocycles. The van der Waals surface area contributed by atoms with Crippen LogP contribution in [0.4, 0.5) is 5.95 Å². The summed E-state index contributed by atoms with van der Waals surface area (Å²) in [6.07, 6.45) is 2.83. The number of anilines is 1. The summed E-state index contributed by atoms with van der Waals surface area (Å²) in [7, 11) is 0. The van der Waals surface area contributed by atoms with E-state index in [1.54, 1.807) is 0 Å². The van der Waals surface area contributed by atoms with Crippen LogP contribution in [0.25, 0.3) is 0 Å². The van der Waals surface area contributed by atoms with Crippen molar-refractivity contribution in [3.8, 4) is 0 Å². The van der Waals surface area contributed by atoms with E-state index in [-0.39, 0.29) is 5.95 Å². The van der Waals surface area contributed by atoms with Crippen molar-refractivity contribution in [2.24, 2.45) is 11.7 Å². The Bertz CT molecular complexity index is 248. The van der Waals surface area contributed by atoms with E-state index in [2.05, 4.69) is 17.1 Å². The molecule has 0 aromatic carbocycles. The Morgan fingerprint density at radius 1 is 1.46 bits per heavy atom.